The highest BCUT2D eigenvalue weighted by Crippen LogP contribution is 2.33. The SMILES string of the molecule is Cc1cccc(CC(O)(C(=O)O)C(F)(F)F)c1. The van der Waals surface area contributed by atoms with Crippen LogP contribution in [0.2, 0.25) is 0 Å². The fraction of sp³-hybridized carbons (Fsp3) is 0.364. The molecule has 0 aliphatic rings. The van der Waals surface area contributed by atoms with Crippen molar-refractivity contribution in [2.24, 2.45) is 0 Å². The number of aliphatic carboxylic acids is 1. The molecule has 0 amide bonds. The Morgan fingerprint density at radius 1 is 1.35 bits per heavy atom. The average molecular weight is 248 g/mol. The van der Waals surface area contributed by atoms with Crippen molar-refractivity contribution in [3.05, 3.63) is 35.4 Å². The van der Waals surface area contributed by atoms with E-state index in [1.165, 1.54) is 18.2 Å². The van der Waals surface area contributed by atoms with Gasteiger partial charge in [-0.25, -0.2) is 4.79 Å². The molecular formula is C11H11F3O3. The summed E-state index contributed by atoms with van der Waals surface area (Å²) in [4.78, 5) is 10.6. The van der Waals surface area contributed by atoms with E-state index >= 15 is 0 Å². The quantitative estimate of drug-likeness (QED) is 0.859. The molecule has 0 radical (unpaired) electrons. The highest BCUT2D eigenvalue weighted by atomic mass is 19.4. The Balaban J connectivity index is 3.08. The van der Waals surface area contributed by atoms with Gasteiger partial charge in [0.15, 0.2) is 0 Å². The fourth-order valence-corrected chi connectivity index (χ4v) is 1.41. The molecule has 0 heterocycles. The van der Waals surface area contributed by atoms with Gasteiger partial charge in [-0.3, -0.25) is 0 Å². The van der Waals surface area contributed by atoms with Gasteiger partial charge in [0, 0.05) is 6.42 Å². The van der Waals surface area contributed by atoms with Crippen molar-refractivity contribution in [1.82, 2.24) is 0 Å². The second-order valence-electron chi connectivity index (χ2n) is 3.83. The minimum Gasteiger partial charge on any atom is -0.479 e. The number of aryl methyl sites for hydroxylation is 1. The first-order valence-electron chi connectivity index (χ1n) is 4.75. The van der Waals surface area contributed by atoms with E-state index in [4.69, 9.17) is 5.11 Å². The normalized spacial score (nSPS) is 15.4. The van der Waals surface area contributed by atoms with Crippen molar-refractivity contribution in [3.63, 3.8) is 0 Å². The maximum absolute atomic E-state index is 12.5. The maximum atomic E-state index is 12.5. The van der Waals surface area contributed by atoms with Gasteiger partial charge in [0.1, 0.15) is 0 Å². The number of halogens is 3. The van der Waals surface area contributed by atoms with Crippen LogP contribution in [0.25, 0.3) is 0 Å². The standard InChI is InChI=1S/C11H11F3O3/c1-7-3-2-4-8(5-7)6-10(17,9(15)16)11(12,13)14/h2-5,17H,6H2,1H3,(H,15,16). The van der Waals surface area contributed by atoms with E-state index in [-0.39, 0.29) is 5.56 Å². The second-order valence-corrected chi connectivity index (χ2v) is 3.83. The Kier molecular flexibility index (Phi) is 3.47. The number of carboxylic acid groups (broad SMARTS) is 1. The number of hydrogen-bond acceptors (Lipinski definition) is 2. The van der Waals surface area contributed by atoms with Crippen LogP contribution < -0.4 is 0 Å². The highest BCUT2D eigenvalue weighted by molar-refractivity contribution is 5.78. The summed E-state index contributed by atoms with van der Waals surface area (Å²) in [6, 6.07) is 5.91. The van der Waals surface area contributed by atoms with Gasteiger partial charge in [-0.2, -0.15) is 13.2 Å². The summed E-state index contributed by atoms with van der Waals surface area (Å²) in [5.41, 5.74) is -2.94. The summed E-state index contributed by atoms with van der Waals surface area (Å²) in [6.07, 6.45) is -6.23. The Hall–Kier alpha value is -1.56. The third-order valence-corrected chi connectivity index (χ3v) is 2.37. The number of hydrogen-bond donors (Lipinski definition) is 2. The largest absolute Gasteiger partial charge is 0.479 e. The van der Waals surface area contributed by atoms with Crippen molar-refractivity contribution in [2.75, 3.05) is 0 Å². The molecule has 0 aliphatic heterocycles. The first-order chi connectivity index (χ1) is 7.67. The molecule has 1 aromatic rings. The maximum Gasteiger partial charge on any atom is 0.428 e. The van der Waals surface area contributed by atoms with Crippen molar-refractivity contribution >= 4 is 5.97 Å². The summed E-state index contributed by atoms with van der Waals surface area (Å²) >= 11 is 0. The van der Waals surface area contributed by atoms with Gasteiger partial charge in [-0.1, -0.05) is 29.8 Å². The molecule has 0 aliphatic carbocycles. The van der Waals surface area contributed by atoms with Crippen LogP contribution in [-0.4, -0.2) is 28.0 Å². The van der Waals surface area contributed by atoms with E-state index in [0.29, 0.717) is 5.56 Å². The van der Waals surface area contributed by atoms with Crippen LogP contribution in [0.4, 0.5) is 13.2 Å². The van der Waals surface area contributed by atoms with Gasteiger partial charge in [-0.05, 0) is 12.5 Å². The number of aliphatic hydroxyl groups is 1. The predicted octanol–water partition coefficient (Wildman–Crippen LogP) is 1.92. The molecule has 1 unspecified atom stereocenters. The summed E-state index contributed by atoms with van der Waals surface area (Å²) in [7, 11) is 0. The predicted molar refractivity (Wildman–Crippen MR) is 53.5 cm³/mol. The molecular weight excluding hydrogens is 237 g/mol. The zero-order valence-corrected chi connectivity index (χ0v) is 8.95. The van der Waals surface area contributed by atoms with Crippen molar-refractivity contribution in [3.8, 4) is 0 Å². The lowest BCUT2D eigenvalue weighted by molar-refractivity contribution is -0.259. The monoisotopic (exact) mass is 248 g/mol. The molecule has 94 valence electrons. The van der Waals surface area contributed by atoms with E-state index in [2.05, 4.69) is 0 Å². The smallest absolute Gasteiger partial charge is 0.428 e. The fourth-order valence-electron chi connectivity index (χ4n) is 1.41. The Labute approximate surface area is 95.5 Å². The van der Waals surface area contributed by atoms with Crippen LogP contribution in [0.15, 0.2) is 24.3 Å². The first-order valence-corrected chi connectivity index (χ1v) is 4.75. The molecule has 6 heteroatoms. The van der Waals surface area contributed by atoms with Gasteiger partial charge in [0.05, 0.1) is 0 Å². The van der Waals surface area contributed by atoms with Gasteiger partial charge >= 0.3 is 12.1 Å². The molecule has 0 fully saturated rings. The summed E-state index contributed by atoms with van der Waals surface area (Å²) < 4.78 is 37.5. The molecule has 0 aromatic heterocycles. The third-order valence-electron chi connectivity index (χ3n) is 2.37. The number of carboxylic acids is 1. The molecule has 0 saturated carbocycles. The van der Waals surface area contributed by atoms with Gasteiger partial charge in [0.2, 0.25) is 0 Å². The van der Waals surface area contributed by atoms with Crippen LogP contribution in [-0.2, 0) is 11.2 Å². The Morgan fingerprint density at radius 2 is 1.94 bits per heavy atom. The zero-order chi connectivity index (χ0) is 13.3. The highest BCUT2D eigenvalue weighted by Gasteiger charge is 2.59. The van der Waals surface area contributed by atoms with Crippen molar-refractivity contribution < 1.29 is 28.2 Å². The number of rotatable bonds is 3. The lowest BCUT2D eigenvalue weighted by atomic mass is 9.93. The van der Waals surface area contributed by atoms with E-state index in [0.717, 1.165) is 0 Å². The molecule has 3 nitrogen and oxygen atoms in total. The average Bonchev–Trinajstić information content (AvgIpc) is 2.15. The van der Waals surface area contributed by atoms with Crippen molar-refractivity contribution in [2.45, 2.75) is 25.1 Å². The zero-order valence-electron chi connectivity index (χ0n) is 8.95. The number of carbonyl (C=O) groups is 1. The third kappa shape index (κ3) is 2.76. The van der Waals surface area contributed by atoms with Gasteiger partial charge in [0.25, 0.3) is 5.60 Å². The summed E-state index contributed by atoms with van der Waals surface area (Å²) in [5, 5.41) is 17.8. The Morgan fingerprint density at radius 3 is 2.35 bits per heavy atom. The summed E-state index contributed by atoms with van der Waals surface area (Å²) in [5.74, 6) is -2.30. The van der Waals surface area contributed by atoms with Gasteiger partial charge in [-0.15, -0.1) is 0 Å². The van der Waals surface area contributed by atoms with Crippen LogP contribution >= 0.6 is 0 Å². The van der Waals surface area contributed by atoms with E-state index < -0.39 is 24.2 Å². The molecule has 0 saturated heterocycles. The lowest BCUT2D eigenvalue weighted by Crippen LogP contribution is -2.53. The number of benzene rings is 1. The van der Waals surface area contributed by atoms with Crippen molar-refractivity contribution in [1.29, 1.82) is 0 Å². The molecule has 2 N–H and O–H groups in total. The molecule has 1 atom stereocenters. The van der Waals surface area contributed by atoms with E-state index in [1.54, 1.807) is 13.0 Å². The molecule has 1 aromatic carbocycles. The number of alkyl halides is 3. The Bertz CT molecular complexity index is 428. The van der Waals surface area contributed by atoms with Crippen LogP contribution in [0.5, 0.6) is 0 Å². The lowest BCUT2D eigenvalue weighted by Gasteiger charge is -2.26. The summed E-state index contributed by atoms with van der Waals surface area (Å²) in [6.45, 7) is 1.66. The molecule has 1 rings (SSSR count). The van der Waals surface area contributed by atoms with Crippen LogP contribution in [0.1, 0.15) is 11.1 Å². The van der Waals surface area contributed by atoms with Gasteiger partial charge < -0.3 is 10.2 Å². The molecule has 17 heavy (non-hydrogen) atoms. The molecule has 0 bridgehead atoms. The van der Waals surface area contributed by atoms with Crippen LogP contribution in [0, 0.1) is 6.92 Å². The topological polar surface area (TPSA) is 57.5 Å². The van der Waals surface area contributed by atoms with E-state index in [1.807, 2.05) is 0 Å². The first kappa shape index (κ1) is 13.5. The molecule has 0 spiro atoms. The minimum atomic E-state index is -5.22. The van der Waals surface area contributed by atoms with E-state index in [9.17, 15) is 23.1 Å². The van der Waals surface area contributed by atoms with Crippen LogP contribution in [0.3, 0.4) is 0 Å². The minimum absolute atomic E-state index is 0.118. The second kappa shape index (κ2) is 4.37.